The summed E-state index contributed by atoms with van der Waals surface area (Å²) in [6, 6.07) is 5.81. The van der Waals surface area contributed by atoms with Gasteiger partial charge in [0.25, 0.3) is 9.70 Å². The minimum absolute atomic E-state index is 0.461. The quantitative estimate of drug-likeness (QED) is 0.627. The largest absolute Gasteiger partial charge is 0.397 e. The van der Waals surface area contributed by atoms with E-state index in [1.807, 2.05) is 6.07 Å². The summed E-state index contributed by atoms with van der Waals surface area (Å²) in [5.41, 5.74) is 8.20. The summed E-state index contributed by atoms with van der Waals surface area (Å²) < 4.78 is -1.99. The molecule has 1 heterocycles. The van der Waals surface area contributed by atoms with Crippen LogP contribution < -0.4 is 16.0 Å². The molecule has 2 rings (SSSR count). The highest BCUT2D eigenvalue weighted by Crippen LogP contribution is 2.33. The molecule has 1 atom stereocenters. The Kier molecular flexibility index (Phi) is 5.12. The van der Waals surface area contributed by atoms with Gasteiger partial charge in [-0.1, -0.05) is 34.8 Å². The van der Waals surface area contributed by atoms with Gasteiger partial charge in [-0.3, -0.25) is 4.79 Å². The van der Waals surface area contributed by atoms with Crippen LogP contribution in [-0.2, 0) is 4.79 Å². The molecule has 4 nitrogen and oxygen atoms in total. The molecule has 1 amide bonds. The van der Waals surface area contributed by atoms with Crippen LogP contribution in [0.1, 0.15) is 26.2 Å². The van der Waals surface area contributed by atoms with Gasteiger partial charge in [0, 0.05) is 18.3 Å². The first-order valence-corrected chi connectivity index (χ1v) is 7.97. The highest BCUT2D eigenvalue weighted by Gasteiger charge is 2.30. The first-order valence-electron chi connectivity index (χ1n) is 6.83. The fourth-order valence-corrected chi connectivity index (χ4v) is 2.69. The number of nitrogen functional groups attached to an aromatic ring is 1. The topological polar surface area (TPSA) is 58.4 Å². The highest BCUT2D eigenvalue weighted by molar-refractivity contribution is 6.76. The molecule has 21 heavy (non-hydrogen) atoms. The third-order valence-electron chi connectivity index (χ3n) is 3.66. The van der Waals surface area contributed by atoms with Gasteiger partial charge in [0.15, 0.2) is 0 Å². The number of nitrogens with two attached hydrogens (primary N) is 1. The minimum atomic E-state index is -1.99. The van der Waals surface area contributed by atoms with Gasteiger partial charge in [-0.15, -0.1) is 0 Å². The van der Waals surface area contributed by atoms with Crippen molar-refractivity contribution in [2.45, 2.75) is 36.0 Å². The van der Waals surface area contributed by atoms with Crippen molar-refractivity contribution in [1.29, 1.82) is 0 Å². The number of piperidine rings is 1. The Labute approximate surface area is 139 Å². The fraction of sp³-hybridized carbons (Fsp3) is 0.500. The average molecular weight is 351 g/mol. The predicted octanol–water partition coefficient (Wildman–Crippen LogP) is 3.96. The normalized spacial score (nSPS) is 19.4. The molecule has 0 saturated carbocycles. The number of rotatable bonds is 2. The van der Waals surface area contributed by atoms with E-state index in [4.69, 9.17) is 40.5 Å². The van der Waals surface area contributed by atoms with E-state index in [1.165, 1.54) is 6.42 Å². The van der Waals surface area contributed by atoms with E-state index >= 15 is 0 Å². The van der Waals surface area contributed by atoms with Gasteiger partial charge in [-0.05, 0) is 44.4 Å². The van der Waals surface area contributed by atoms with Crippen molar-refractivity contribution in [3.05, 3.63) is 18.2 Å². The lowest BCUT2D eigenvalue weighted by Gasteiger charge is -2.36. The molecule has 1 aromatic rings. The van der Waals surface area contributed by atoms with E-state index in [9.17, 15) is 4.79 Å². The number of hydrogen-bond acceptors (Lipinski definition) is 3. The highest BCUT2D eigenvalue weighted by atomic mass is 35.6. The van der Waals surface area contributed by atoms with Gasteiger partial charge in [0.1, 0.15) is 0 Å². The zero-order valence-corrected chi connectivity index (χ0v) is 14.0. The zero-order chi connectivity index (χ0) is 15.6. The maximum Gasteiger partial charge on any atom is 0.276 e. The Bertz CT molecular complexity index is 531. The first kappa shape index (κ1) is 16.5. The number of carbonyl (C=O) groups excluding carboxylic acids is 1. The summed E-state index contributed by atoms with van der Waals surface area (Å²) in [5, 5.41) is 2.53. The maximum atomic E-state index is 11.6. The average Bonchev–Trinajstić information content (AvgIpc) is 2.39. The van der Waals surface area contributed by atoms with Crippen molar-refractivity contribution in [1.82, 2.24) is 0 Å². The van der Waals surface area contributed by atoms with E-state index < -0.39 is 9.70 Å². The second-order valence-electron chi connectivity index (χ2n) is 5.26. The van der Waals surface area contributed by atoms with Crippen LogP contribution in [0.5, 0.6) is 0 Å². The lowest BCUT2D eigenvalue weighted by molar-refractivity contribution is -0.115. The second-order valence-corrected chi connectivity index (χ2v) is 7.54. The minimum Gasteiger partial charge on any atom is -0.397 e. The maximum absolute atomic E-state index is 11.6. The van der Waals surface area contributed by atoms with Crippen molar-refractivity contribution in [3.8, 4) is 0 Å². The Morgan fingerprint density at radius 2 is 2.10 bits per heavy atom. The Balaban J connectivity index is 2.16. The summed E-state index contributed by atoms with van der Waals surface area (Å²) in [5.74, 6) is -0.703. The van der Waals surface area contributed by atoms with Crippen molar-refractivity contribution in [3.63, 3.8) is 0 Å². The van der Waals surface area contributed by atoms with Gasteiger partial charge in [-0.25, -0.2) is 0 Å². The van der Waals surface area contributed by atoms with Crippen LogP contribution in [0.3, 0.4) is 0 Å². The van der Waals surface area contributed by atoms with Gasteiger partial charge in [0.05, 0.1) is 11.4 Å². The number of alkyl halides is 3. The van der Waals surface area contributed by atoms with E-state index in [2.05, 4.69) is 17.1 Å². The molecule has 0 radical (unpaired) electrons. The zero-order valence-electron chi connectivity index (χ0n) is 11.7. The smallest absolute Gasteiger partial charge is 0.276 e. The number of nitrogens with zero attached hydrogens (tertiary/aromatic N) is 1. The van der Waals surface area contributed by atoms with Gasteiger partial charge in [0.2, 0.25) is 0 Å². The van der Waals surface area contributed by atoms with E-state index in [0.29, 0.717) is 17.4 Å². The molecule has 0 spiro atoms. The molecule has 1 fully saturated rings. The molecular formula is C14H18Cl3N3O. The van der Waals surface area contributed by atoms with Crippen LogP contribution in [0.2, 0.25) is 0 Å². The molecule has 0 bridgehead atoms. The van der Waals surface area contributed by atoms with Crippen LogP contribution in [0, 0.1) is 0 Å². The molecule has 1 aliphatic heterocycles. The summed E-state index contributed by atoms with van der Waals surface area (Å²) in [4.78, 5) is 13.9. The van der Waals surface area contributed by atoms with Crippen molar-refractivity contribution < 1.29 is 4.79 Å². The van der Waals surface area contributed by atoms with E-state index in [1.54, 1.807) is 12.1 Å². The van der Waals surface area contributed by atoms with E-state index in [0.717, 1.165) is 25.1 Å². The number of amides is 1. The number of halogens is 3. The fourth-order valence-electron chi connectivity index (χ4n) is 2.55. The summed E-state index contributed by atoms with van der Waals surface area (Å²) >= 11 is 16.6. The summed E-state index contributed by atoms with van der Waals surface area (Å²) in [7, 11) is 0. The predicted molar refractivity (Wildman–Crippen MR) is 90.4 cm³/mol. The molecule has 7 heteroatoms. The monoisotopic (exact) mass is 349 g/mol. The molecule has 1 aliphatic rings. The number of hydrogen-bond donors (Lipinski definition) is 2. The Morgan fingerprint density at radius 3 is 2.67 bits per heavy atom. The third kappa shape index (κ3) is 4.09. The van der Waals surface area contributed by atoms with Crippen molar-refractivity contribution in [2.75, 3.05) is 22.5 Å². The lowest BCUT2D eigenvalue weighted by atomic mass is 10.0. The van der Waals surface area contributed by atoms with Crippen LogP contribution in [0.15, 0.2) is 18.2 Å². The lowest BCUT2D eigenvalue weighted by Crippen LogP contribution is -2.37. The Hall–Kier alpha value is -0.840. The molecule has 0 unspecified atom stereocenters. The number of benzene rings is 1. The van der Waals surface area contributed by atoms with Gasteiger partial charge in [-0.2, -0.15) is 0 Å². The second kappa shape index (κ2) is 6.51. The summed E-state index contributed by atoms with van der Waals surface area (Å²) in [6.45, 7) is 3.18. The van der Waals surface area contributed by atoms with Crippen LogP contribution in [0.4, 0.5) is 17.1 Å². The van der Waals surface area contributed by atoms with Crippen LogP contribution in [0.25, 0.3) is 0 Å². The van der Waals surface area contributed by atoms with Crippen LogP contribution in [-0.4, -0.2) is 22.3 Å². The van der Waals surface area contributed by atoms with E-state index in [-0.39, 0.29) is 0 Å². The Morgan fingerprint density at radius 1 is 1.38 bits per heavy atom. The standard InChI is InChI=1S/C14H18Cl3N3O/c1-9-4-2-3-7-20(9)12-6-5-10(8-11(12)18)19-13(21)14(15,16)17/h5-6,8-9H,2-4,7,18H2,1H3,(H,19,21)/t9-/m1/s1. The molecule has 1 saturated heterocycles. The molecule has 116 valence electrons. The molecule has 1 aromatic carbocycles. The van der Waals surface area contributed by atoms with Crippen LogP contribution >= 0.6 is 34.8 Å². The summed E-state index contributed by atoms with van der Waals surface area (Å²) in [6.07, 6.45) is 3.57. The number of nitrogens with one attached hydrogen (secondary N) is 1. The molecule has 0 aromatic heterocycles. The number of carbonyl (C=O) groups is 1. The molecule has 0 aliphatic carbocycles. The molecule has 3 N–H and O–H groups in total. The van der Waals surface area contributed by atoms with Gasteiger partial charge >= 0.3 is 0 Å². The van der Waals surface area contributed by atoms with Gasteiger partial charge < -0.3 is 16.0 Å². The van der Waals surface area contributed by atoms with Crippen molar-refractivity contribution in [2.24, 2.45) is 0 Å². The van der Waals surface area contributed by atoms with Crippen molar-refractivity contribution >= 4 is 57.8 Å². The SMILES string of the molecule is C[C@@H]1CCCCN1c1ccc(NC(=O)C(Cl)(Cl)Cl)cc1N. The molecular weight excluding hydrogens is 333 g/mol. The number of anilines is 3. The first-order chi connectivity index (χ1) is 9.79. The third-order valence-corrected chi connectivity index (χ3v) is 4.17.